The van der Waals surface area contributed by atoms with Gasteiger partial charge in [-0.2, -0.15) is 0 Å². The fourth-order valence-corrected chi connectivity index (χ4v) is 1.89. The summed E-state index contributed by atoms with van der Waals surface area (Å²) in [7, 11) is 1.68. The Labute approximate surface area is 104 Å². The molecule has 3 nitrogen and oxygen atoms in total. The Balaban J connectivity index is 2.96. The zero-order chi connectivity index (χ0) is 12.8. The predicted octanol–water partition coefficient (Wildman–Crippen LogP) is 2.56. The van der Waals surface area contributed by atoms with E-state index in [4.69, 9.17) is 16.2 Å². The standard InChI is InChI=1S/C14H24N2O/c1-10(2)11-6-7-14(17-3)12(9-11)13(16)5-4-8-15/h6-7,9-10,13H,4-5,8,15-16H2,1-3H3. The fourth-order valence-electron chi connectivity index (χ4n) is 1.89. The second-order valence-corrected chi connectivity index (χ2v) is 4.69. The molecule has 0 heterocycles. The number of nitrogens with two attached hydrogens (primary N) is 2. The van der Waals surface area contributed by atoms with E-state index in [9.17, 15) is 0 Å². The second-order valence-electron chi connectivity index (χ2n) is 4.69. The van der Waals surface area contributed by atoms with Crippen molar-refractivity contribution in [1.82, 2.24) is 0 Å². The summed E-state index contributed by atoms with van der Waals surface area (Å²) in [6.45, 7) is 5.04. The Bertz CT molecular complexity index is 350. The normalized spacial score (nSPS) is 12.8. The van der Waals surface area contributed by atoms with Crippen LogP contribution in [-0.2, 0) is 0 Å². The van der Waals surface area contributed by atoms with Crippen molar-refractivity contribution in [2.75, 3.05) is 13.7 Å². The molecule has 1 rings (SSSR count). The van der Waals surface area contributed by atoms with Gasteiger partial charge in [0.2, 0.25) is 0 Å². The van der Waals surface area contributed by atoms with Crippen LogP contribution >= 0.6 is 0 Å². The van der Waals surface area contributed by atoms with Gasteiger partial charge in [0.15, 0.2) is 0 Å². The number of hydrogen-bond donors (Lipinski definition) is 2. The zero-order valence-corrected chi connectivity index (χ0v) is 11.1. The average Bonchev–Trinajstić information content (AvgIpc) is 2.34. The van der Waals surface area contributed by atoms with Crippen LogP contribution in [0.2, 0.25) is 0 Å². The summed E-state index contributed by atoms with van der Waals surface area (Å²) in [5.41, 5.74) is 14.1. The lowest BCUT2D eigenvalue weighted by Crippen LogP contribution is -2.14. The van der Waals surface area contributed by atoms with Crippen LogP contribution in [-0.4, -0.2) is 13.7 Å². The van der Waals surface area contributed by atoms with Crippen molar-refractivity contribution in [3.8, 4) is 5.75 Å². The van der Waals surface area contributed by atoms with Gasteiger partial charge in [0, 0.05) is 11.6 Å². The molecule has 0 saturated carbocycles. The minimum Gasteiger partial charge on any atom is -0.496 e. The van der Waals surface area contributed by atoms with Crippen molar-refractivity contribution >= 4 is 0 Å². The topological polar surface area (TPSA) is 61.3 Å². The molecule has 3 heteroatoms. The van der Waals surface area contributed by atoms with Crippen molar-refractivity contribution in [2.24, 2.45) is 11.5 Å². The first-order valence-electron chi connectivity index (χ1n) is 6.23. The smallest absolute Gasteiger partial charge is 0.123 e. The van der Waals surface area contributed by atoms with Crippen LogP contribution in [0, 0.1) is 0 Å². The maximum absolute atomic E-state index is 6.19. The summed E-state index contributed by atoms with van der Waals surface area (Å²) in [6.07, 6.45) is 1.84. The van der Waals surface area contributed by atoms with Crippen molar-refractivity contribution in [2.45, 2.75) is 38.6 Å². The van der Waals surface area contributed by atoms with E-state index >= 15 is 0 Å². The van der Waals surface area contributed by atoms with E-state index in [-0.39, 0.29) is 6.04 Å². The number of ether oxygens (including phenoxy) is 1. The second kappa shape index (κ2) is 6.62. The molecule has 0 aromatic heterocycles. The SMILES string of the molecule is COc1ccc(C(C)C)cc1C(N)CCCN. The minimum absolute atomic E-state index is 0.00667. The Hall–Kier alpha value is -1.06. The van der Waals surface area contributed by atoms with Crippen molar-refractivity contribution in [3.63, 3.8) is 0 Å². The van der Waals surface area contributed by atoms with E-state index in [0.29, 0.717) is 12.5 Å². The largest absolute Gasteiger partial charge is 0.496 e. The molecule has 0 saturated heterocycles. The lowest BCUT2D eigenvalue weighted by atomic mass is 9.95. The van der Waals surface area contributed by atoms with Gasteiger partial charge in [0.05, 0.1) is 7.11 Å². The summed E-state index contributed by atoms with van der Waals surface area (Å²) >= 11 is 0. The van der Waals surface area contributed by atoms with Crippen LogP contribution in [0.5, 0.6) is 5.75 Å². The summed E-state index contributed by atoms with van der Waals surface area (Å²) in [5.74, 6) is 1.38. The maximum atomic E-state index is 6.19. The van der Waals surface area contributed by atoms with Gasteiger partial charge in [-0.3, -0.25) is 0 Å². The van der Waals surface area contributed by atoms with Crippen LogP contribution < -0.4 is 16.2 Å². The third-order valence-electron chi connectivity index (χ3n) is 3.04. The van der Waals surface area contributed by atoms with Crippen LogP contribution in [0.4, 0.5) is 0 Å². The first-order valence-corrected chi connectivity index (χ1v) is 6.23. The molecule has 0 bridgehead atoms. The maximum Gasteiger partial charge on any atom is 0.123 e. The molecule has 0 fully saturated rings. The summed E-state index contributed by atoms with van der Waals surface area (Å²) in [5, 5.41) is 0. The quantitative estimate of drug-likeness (QED) is 0.798. The molecule has 0 aliphatic rings. The molecule has 17 heavy (non-hydrogen) atoms. The summed E-state index contributed by atoms with van der Waals surface area (Å²) in [6, 6.07) is 6.27. The highest BCUT2D eigenvalue weighted by atomic mass is 16.5. The highest BCUT2D eigenvalue weighted by Gasteiger charge is 2.13. The van der Waals surface area contributed by atoms with Gasteiger partial charge in [-0.1, -0.05) is 26.0 Å². The molecule has 1 unspecified atom stereocenters. The molecule has 0 aliphatic heterocycles. The van der Waals surface area contributed by atoms with E-state index < -0.39 is 0 Å². The number of hydrogen-bond acceptors (Lipinski definition) is 3. The van der Waals surface area contributed by atoms with Crippen LogP contribution in [0.3, 0.4) is 0 Å². The molecule has 0 spiro atoms. The molecule has 4 N–H and O–H groups in total. The van der Waals surface area contributed by atoms with Crippen molar-refractivity contribution in [1.29, 1.82) is 0 Å². The molecule has 1 aromatic rings. The van der Waals surface area contributed by atoms with E-state index in [1.165, 1.54) is 5.56 Å². The Morgan fingerprint density at radius 1 is 1.29 bits per heavy atom. The molecule has 1 atom stereocenters. The predicted molar refractivity (Wildman–Crippen MR) is 72.3 cm³/mol. The van der Waals surface area contributed by atoms with Gasteiger partial charge in [-0.25, -0.2) is 0 Å². The number of benzene rings is 1. The minimum atomic E-state index is 0.00667. The lowest BCUT2D eigenvalue weighted by molar-refractivity contribution is 0.403. The Morgan fingerprint density at radius 2 is 2.00 bits per heavy atom. The molecule has 0 amide bonds. The Morgan fingerprint density at radius 3 is 2.53 bits per heavy atom. The molecular weight excluding hydrogens is 212 g/mol. The Kier molecular flexibility index (Phi) is 5.45. The highest BCUT2D eigenvalue weighted by Crippen LogP contribution is 2.29. The monoisotopic (exact) mass is 236 g/mol. The van der Waals surface area contributed by atoms with Gasteiger partial charge in [-0.05, 0) is 36.9 Å². The highest BCUT2D eigenvalue weighted by molar-refractivity contribution is 5.40. The fraction of sp³-hybridized carbons (Fsp3) is 0.571. The van der Waals surface area contributed by atoms with Crippen LogP contribution in [0.15, 0.2) is 18.2 Å². The van der Waals surface area contributed by atoms with Gasteiger partial charge in [0.25, 0.3) is 0 Å². The van der Waals surface area contributed by atoms with E-state index in [1.54, 1.807) is 7.11 Å². The van der Waals surface area contributed by atoms with Gasteiger partial charge >= 0.3 is 0 Å². The van der Waals surface area contributed by atoms with Crippen molar-refractivity contribution < 1.29 is 4.74 Å². The van der Waals surface area contributed by atoms with E-state index in [1.807, 2.05) is 6.07 Å². The molecule has 0 radical (unpaired) electrons. The van der Waals surface area contributed by atoms with E-state index in [0.717, 1.165) is 24.2 Å². The summed E-state index contributed by atoms with van der Waals surface area (Å²) < 4.78 is 5.37. The zero-order valence-electron chi connectivity index (χ0n) is 11.1. The van der Waals surface area contributed by atoms with Gasteiger partial charge in [0.1, 0.15) is 5.75 Å². The van der Waals surface area contributed by atoms with Crippen LogP contribution in [0.25, 0.3) is 0 Å². The van der Waals surface area contributed by atoms with E-state index in [2.05, 4.69) is 26.0 Å². The number of rotatable bonds is 6. The first kappa shape index (κ1) is 14.0. The molecular formula is C14H24N2O. The first-order chi connectivity index (χ1) is 8.10. The molecule has 96 valence electrons. The third-order valence-corrected chi connectivity index (χ3v) is 3.04. The van der Waals surface area contributed by atoms with Gasteiger partial charge < -0.3 is 16.2 Å². The third kappa shape index (κ3) is 3.72. The molecule has 0 aliphatic carbocycles. The molecule has 1 aromatic carbocycles. The van der Waals surface area contributed by atoms with Crippen molar-refractivity contribution in [3.05, 3.63) is 29.3 Å². The average molecular weight is 236 g/mol. The number of methoxy groups -OCH3 is 1. The van der Waals surface area contributed by atoms with Crippen LogP contribution in [0.1, 0.15) is 49.8 Å². The lowest BCUT2D eigenvalue weighted by Gasteiger charge is -2.18. The van der Waals surface area contributed by atoms with Gasteiger partial charge in [-0.15, -0.1) is 0 Å². The summed E-state index contributed by atoms with van der Waals surface area (Å²) in [4.78, 5) is 0.